The summed E-state index contributed by atoms with van der Waals surface area (Å²) >= 11 is 0. The molecule has 28 heavy (non-hydrogen) atoms. The summed E-state index contributed by atoms with van der Waals surface area (Å²) in [5.41, 5.74) is 5.23. The van der Waals surface area contributed by atoms with E-state index in [1.807, 2.05) is 7.05 Å². The maximum absolute atomic E-state index is 9.00. The van der Waals surface area contributed by atoms with E-state index in [-0.39, 0.29) is 0 Å². The third-order valence-electron chi connectivity index (χ3n) is 0.873. The molecule has 0 heterocycles. The summed E-state index contributed by atoms with van der Waals surface area (Å²) in [6.45, 7) is 9.08. The standard InChI is InChI=1S/C5H15N3.5C2H4O2/c1-7-4-5-8-3-2-6;5*1-2(3)4/h7-8H,2-6H2,1H3;5*1H3,(H,3,4). The molecule has 0 aromatic rings. The zero-order chi connectivity index (χ0) is 24.1. The Hall–Kier alpha value is -2.77. The quantitative estimate of drug-likeness (QED) is 0.256. The molecule has 0 fully saturated rings. The smallest absolute Gasteiger partial charge is 0.300 e. The SMILES string of the molecule is CC(=O)O.CC(=O)O.CC(=O)O.CC(=O)O.CC(=O)O.CNCCNCCN. The summed E-state index contributed by atoms with van der Waals surface area (Å²) in [4.78, 5) is 45.0. The Kier molecular flexibility index (Phi) is 56.3. The second kappa shape index (κ2) is 39.3. The molecule has 0 aromatic carbocycles. The maximum Gasteiger partial charge on any atom is 0.300 e. The molecule has 0 rings (SSSR count). The van der Waals surface area contributed by atoms with Crippen LogP contribution < -0.4 is 16.4 Å². The first-order valence-corrected chi connectivity index (χ1v) is 7.61. The largest absolute Gasteiger partial charge is 0.481 e. The fraction of sp³-hybridized carbons (Fsp3) is 0.667. The minimum atomic E-state index is -0.833. The highest BCUT2D eigenvalue weighted by molar-refractivity contribution is 5.63. The Labute approximate surface area is 164 Å². The van der Waals surface area contributed by atoms with Gasteiger partial charge >= 0.3 is 0 Å². The van der Waals surface area contributed by atoms with E-state index in [9.17, 15) is 0 Å². The summed E-state index contributed by atoms with van der Waals surface area (Å²) < 4.78 is 0. The van der Waals surface area contributed by atoms with E-state index in [1.54, 1.807) is 0 Å². The zero-order valence-electron chi connectivity index (χ0n) is 17.2. The average molecular weight is 417 g/mol. The van der Waals surface area contributed by atoms with Gasteiger partial charge in [0, 0.05) is 60.8 Å². The average Bonchev–Trinajstić information content (AvgIpc) is 2.40. The number of carboxylic acid groups (broad SMARTS) is 5. The lowest BCUT2D eigenvalue weighted by Gasteiger charge is -1.99. The Morgan fingerprint density at radius 1 is 0.607 bits per heavy atom. The van der Waals surface area contributed by atoms with Crippen molar-refractivity contribution in [1.29, 1.82) is 0 Å². The summed E-state index contributed by atoms with van der Waals surface area (Å²) in [6, 6.07) is 0. The van der Waals surface area contributed by atoms with Crippen LogP contribution in [0.25, 0.3) is 0 Å². The van der Waals surface area contributed by atoms with E-state index in [0.29, 0.717) is 0 Å². The van der Waals surface area contributed by atoms with Crippen molar-refractivity contribution in [2.45, 2.75) is 34.6 Å². The first-order chi connectivity index (χ1) is 12.6. The van der Waals surface area contributed by atoms with E-state index in [2.05, 4.69) is 10.6 Å². The van der Waals surface area contributed by atoms with Gasteiger partial charge in [-0.05, 0) is 7.05 Å². The van der Waals surface area contributed by atoms with Crippen LogP contribution >= 0.6 is 0 Å². The number of carboxylic acids is 5. The molecule has 0 saturated heterocycles. The number of likely N-dealkylation sites (N-methyl/N-ethyl adjacent to an activating group) is 1. The van der Waals surface area contributed by atoms with Gasteiger partial charge in [-0.2, -0.15) is 0 Å². The molecule has 0 amide bonds. The molecule has 170 valence electrons. The normalized spacial score (nSPS) is 7.25. The van der Waals surface area contributed by atoms with Gasteiger partial charge in [-0.1, -0.05) is 0 Å². The lowest BCUT2D eigenvalue weighted by atomic mass is 10.6. The van der Waals surface area contributed by atoms with Gasteiger partial charge < -0.3 is 41.9 Å². The first kappa shape index (κ1) is 40.1. The molecule has 13 heteroatoms. The van der Waals surface area contributed by atoms with Gasteiger partial charge in [0.15, 0.2) is 0 Å². The molecule has 13 nitrogen and oxygen atoms in total. The Bertz CT molecular complexity index is 295. The summed E-state index contributed by atoms with van der Waals surface area (Å²) in [7, 11) is 1.93. The van der Waals surface area contributed by atoms with Gasteiger partial charge in [0.2, 0.25) is 0 Å². The molecule has 9 N–H and O–H groups in total. The fourth-order valence-electron chi connectivity index (χ4n) is 0.440. The van der Waals surface area contributed by atoms with Crippen LogP contribution in [0, 0.1) is 0 Å². The van der Waals surface area contributed by atoms with Crippen molar-refractivity contribution in [3.63, 3.8) is 0 Å². The summed E-state index contributed by atoms with van der Waals surface area (Å²) in [6.07, 6.45) is 0. The van der Waals surface area contributed by atoms with Gasteiger partial charge in [0.1, 0.15) is 0 Å². The predicted octanol–water partition coefficient (Wildman–Crippen LogP) is -0.791. The number of carbonyl (C=O) groups is 5. The monoisotopic (exact) mass is 417 g/mol. The maximum atomic E-state index is 9.00. The number of nitrogens with two attached hydrogens (primary N) is 1. The highest BCUT2D eigenvalue weighted by atomic mass is 16.4. The van der Waals surface area contributed by atoms with Crippen LogP contribution in [0.3, 0.4) is 0 Å². The Morgan fingerprint density at radius 3 is 0.964 bits per heavy atom. The highest BCUT2D eigenvalue weighted by Crippen LogP contribution is 1.53. The van der Waals surface area contributed by atoms with Gasteiger partial charge in [-0.15, -0.1) is 0 Å². The van der Waals surface area contributed by atoms with Gasteiger partial charge in [0.25, 0.3) is 29.8 Å². The van der Waals surface area contributed by atoms with E-state index in [4.69, 9.17) is 55.2 Å². The van der Waals surface area contributed by atoms with E-state index in [0.717, 1.165) is 60.8 Å². The topological polar surface area (TPSA) is 237 Å². The zero-order valence-corrected chi connectivity index (χ0v) is 17.2. The molecule has 0 aromatic heterocycles. The third-order valence-corrected chi connectivity index (χ3v) is 0.873. The fourth-order valence-corrected chi connectivity index (χ4v) is 0.440. The van der Waals surface area contributed by atoms with Crippen molar-refractivity contribution in [3.05, 3.63) is 0 Å². The van der Waals surface area contributed by atoms with Crippen molar-refractivity contribution in [3.8, 4) is 0 Å². The third kappa shape index (κ3) is 2310. The summed E-state index contributed by atoms with van der Waals surface area (Å²) in [5.74, 6) is -4.17. The van der Waals surface area contributed by atoms with Crippen LogP contribution in [0.5, 0.6) is 0 Å². The van der Waals surface area contributed by atoms with Gasteiger partial charge in [-0.3, -0.25) is 24.0 Å². The first-order valence-electron chi connectivity index (χ1n) is 7.61. The number of hydrogen-bond donors (Lipinski definition) is 8. The van der Waals surface area contributed by atoms with E-state index in [1.165, 1.54) is 0 Å². The van der Waals surface area contributed by atoms with E-state index >= 15 is 0 Å². The number of rotatable bonds is 5. The molecule has 0 aliphatic heterocycles. The van der Waals surface area contributed by atoms with Crippen molar-refractivity contribution in [2.75, 3.05) is 33.2 Å². The highest BCUT2D eigenvalue weighted by Gasteiger charge is 1.79. The Balaban J connectivity index is -0.0000000536. The molecule has 0 aliphatic rings. The van der Waals surface area contributed by atoms with Crippen molar-refractivity contribution in [2.24, 2.45) is 5.73 Å². The second-order valence-electron chi connectivity index (χ2n) is 4.24. The van der Waals surface area contributed by atoms with E-state index < -0.39 is 29.8 Å². The Morgan fingerprint density at radius 2 is 0.821 bits per heavy atom. The van der Waals surface area contributed by atoms with Gasteiger partial charge in [-0.25, -0.2) is 0 Å². The van der Waals surface area contributed by atoms with Crippen LogP contribution in [-0.2, 0) is 24.0 Å². The molecule has 0 spiro atoms. The van der Waals surface area contributed by atoms with Crippen LogP contribution in [0.1, 0.15) is 34.6 Å². The number of nitrogens with one attached hydrogen (secondary N) is 2. The molecule has 0 aliphatic carbocycles. The molecule has 0 saturated carbocycles. The van der Waals surface area contributed by atoms with Gasteiger partial charge in [0.05, 0.1) is 0 Å². The lowest BCUT2D eigenvalue weighted by molar-refractivity contribution is -0.135. The van der Waals surface area contributed by atoms with Crippen LogP contribution in [0.4, 0.5) is 0 Å². The van der Waals surface area contributed by atoms with Crippen LogP contribution in [0.2, 0.25) is 0 Å². The lowest BCUT2D eigenvalue weighted by Crippen LogP contribution is -2.29. The van der Waals surface area contributed by atoms with Crippen LogP contribution in [-0.4, -0.2) is 88.6 Å². The molecule has 0 radical (unpaired) electrons. The minimum Gasteiger partial charge on any atom is -0.481 e. The van der Waals surface area contributed by atoms with Crippen molar-refractivity contribution in [1.82, 2.24) is 10.6 Å². The molecular formula is C15H35N3O10. The van der Waals surface area contributed by atoms with Crippen molar-refractivity contribution < 1.29 is 49.5 Å². The second-order valence-corrected chi connectivity index (χ2v) is 4.24. The van der Waals surface area contributed by atoms with Crippen molar-refractivity contribution >= 4 is 29.8 Å². The van der Waals surface area contributed by atoms with Crippen LogP contribution in [0.15, 0.2) is 0 Å². The molecule has 0 unspecified atom stereocenters. The molecular weight excluding hydrogens is 382 g/mol. The number of aliphatic carboxylic acids is 5. The minimum absolute atomic E-state index is 0.726. The molecule has 0 atom stereocenters. The number of hydrogen-bond acceptors (Lipinski definition) is 8. The molecule has 0 bridgehead atoms. The predicted molar refractivity (Wildman–Crippen MR) is 102 cm³/mol. The summed E-state index contributed by atoms with van der Waals surface area (Å²) in [5, 5.41) is 43.3.